The summed E-state index contributed by atoms with van der Waals surface area (Å²) in [5, 5.41) is 11.8. The van der Waals surface area contributed by atoms with Crippen LogP contribution in [0.3, 0.4) is 0 Å². The van der Waals surface area contributed by atoms with Gasteiger partial charge in [0.15, 0.2) is 0 Å². The lowest BCUT2D eigenvalue weighted by Gasteiger charge is -2.14. The Labute approximate surface area is 213 Å². The highest BCUT2D eigenvalue weighted by molar-refractivity contribution is 6.06. The van der Waals surface area contributed by atoms with Crippen LogP contribution < -0.4 is 10.4 Å². The van der Waals surface area contributed by atoms with Gasteiger partial charge in [0, 0.05) is 16.9 Å². The summed E-state index contributed by atoms with van der Waals surface area (Å²) >= 11 is 0. The summed E-state index contributed by atoms with van der Waals surface area (Å²) in [7, 11) is 1.59. The number of fused-ring (bicyclic) bond motifs is 1. The zero-order valence-electron chi connectivity index (χ0n) is 20.6. The third-order valence-electron chi connectivity index (χ3n) is 6.30. The van der Waals surface area contributed by atoms with E-state index in [0.717, 1.165) is 11.3 Å². The summed E-state index contributed by atoms with van der Waals surface area (Å²) in [5.74, 6) is -0.193. The number of carbonyl (C=O) groups excluding carboxylic acids is 1. The van der Waals surface area contributed by atoms with Crippen LogP contribution in [0.2, 0.25) is 0 Å². The molecule has 0 unspecified atom stereocenters. The Balaban J connectivity index is 1.96. The molecule has 0 spiro atoms. The first-order valence-electron chi connectivity index (χ1n) is 11.8. The van der Waals surface area contributed by atoms with Crippen LogP contribution in [-0.4, -0.2) is 29.4 Å². The highest BCUT2D eigenvalue weighted by Crippen LogP contribution is 2.44. The average molecular weight is 496 g/mol. The van der Waals surface area contributed by atoms with Gasteiger partial charge in [-0.3, -0.25) is 0 Å². The number of methoxy groups -OCH3 is 1. The van der Waals surface area contributed by atoms with Gasteiger partial charge >= 0.3 is 11.6 Å². The quantitative estimate of drug-likeness (QED) is 0.226. The second kappa shape index (κ2) is 9.70. The van der Waals surface area contributed by atoms with E-state index in [2.05, 4.69) is 0 Å². The number of rotatable bonds is 6. The van der Waals surface area contributed by atoms with Crippen LogP contribution in [-0.2, 0) is 4.74 Å². The van der Waals surface area contributed by atoms with Crippen LogP contribution in [0.1, 0.15) is 23.0 Å². The topological polar surface area (TPSA) is 90.9 Å². The van der Waals surface area contributed by atoms with Gasteiger partial charge < -0.3 is 23.6 Å². The number of aromatic hydroxyl groups is 1. The first kappa shape index (κ1) is 23.9. The van der Waals surface area contributed by atoms with Crippen molar-refractivity contribution >= 4 is 16.9 Å². The monoisotopic (exact) mass is 495 g/mol. The lowest BCUT2D eigenvalue weighted by Crippen LogP contribution is -2.10. The molecule has 0 radical (unpaired) electrons. The summed E-state index contributed by atoms with van der Waals surface area (Å²) in [6, 6.07) is 23.5. The number of benzene rings is 3. The number of esters is 1. The Morgan fingerprint density at radius 3 is 2.30 bits per heavy atom. The van der Waals surface area contributed by atoms with E-state index in [9.17, 15) is 14.7 Å². The minimum Gasteiger partial charge on any atom is -0.506 e. The average Bonchev–Trinajstić information content (AvgIpc) is 3.21. The van der Waals surface area contributed by atoms with Gasteiger partial charge in [-0.05, 0) is 55.8 Å². The number of para-hydroxylation sites is 1. The van der Waals surface area contributed by atoms with Gasteiger partial charge in [-0.2, -0.15) is 0 Å². The van der Waals surface area contributed by atoms with E-state index in [-0.39, 0.29) is 34.6 Å². The van der Waals surface area contributed by atoms with E-state index in [1.54, 1.807) is 45.2 Å². The van der Waals surface area contributed by atoms with Crippen molar-refractivity contribution in [2.24, 2.45) is 0 Å². The molecule has 37 heavy (non-hydrogen) atoms. The van der Waals surface area contributed by atoms with E-state index >= 15 is 0 Å². The molecule has 5 rings (SSSR count). The Hall–Kier alpha value is -4.78. The maximum atomic E-state index is 13.4. The first-order chi connectivity index (χ1) is 18.0. The molecule has 0 saturated carbocycles. The molecule has 0 fully saturated rings. The van der Waals surface area contributed by atoms with Gasteiger partial charge in [0.1, 0.15) is 22.6 Å². The van der Waals surface area contributed by atoms with Crippen molar-refractivity contribution in [2.75, 3.05) is 13.7 Å². The van der Waals surface area contributed by atoms with E-state index in [0.29, 0.717) is 22.5 Å². The predicted octanol–water partition coefficient (Wildman–Crippen LogP) is 6.12. The van der Waals surface area contributed by atoms with Crippen molar-refractivity contribution in [3.8, 4) is 39.6 Å². The molecule has 7 nitrogen and oxygen atoms in total. The molecule has 3 aromatic carbocycles. The van der Waals surface area contributed by atoms with Crippen molar-refractivity contribution in [3.05, 3.63) is 101 Å². The molecule has 5 aromatic rings. The van der Waals surface area contributed by atoms with Crippen molar-refractivity contribution in [1.82, 2.24) is 4.57 Å². The predicted molar refractivity (Wildman–Crippen MR) is 142 cm³/mol. The Kier molecular flexibility index (Phi) is 6.27. The van der Waals surface area contributed by atoms with Gasteiger partial charge in [0.05, 0.1) is 30.4 Å². The van der Waals surface area contributed by atoms with Gasteiger partial charge in [0.2, 0.25) is 0 Å². The molecule has 0 aliphatic heterocycles. The van der Waals surface area contributed by atoms with E-state index in [1.165, 1.54) is 0 Å². The van der Waals surface area contributed by atoms with Gasteiger partial charge in [-0.1, -0.05) is 42.5 Å². The van der Waals surface area contributed by atoms with Crippen molar-refractivity contribution < 1.29 is 23.8 Å². The molecular formula is C30H25NO6. The highest BCUT2D eigenvalue weighted by Gasteiger charge is 2.32. The zero-order chi connectivity index (χ0) is 26.1. The lowest BCUT2D eigenvalue weighted by atomic mass is 9.96. The fourth-order valence-electron chi connectivity index (χ4n) is 4.66. The molecule has 0 aliphatic carbocycles. The minimum absolute atomic E-state index is 0.101. The Morgan fingerprint density at radius 1 is 0.946 bits per heavy atom. The van der Waals surface area contributed by atoms with E-state index < -0.39 is 11.6 Å². The number of carbonyl (C=O) groups is 1. The molecule has 2 aromatic heterocycles. The van der Waals surface area contributed by atoms with E-state index in [1.807, 2.05) is 59.2 Å². The van der Waals surface area contributed by atoms with E-state index in [4.69, 9.17) is 13.9 Å². The number of ether oxygens (including phenoxy) is 2. The third kappa shape index (κ3) is 4.04. The summed E-state index contributed by atoms with van der Waals surface area (Å²) in [6.45, 7) is 3.64. The Bertz CT molecular complexity index is 1660. The van der Waals surface area contributed by atoms with Gasteiger partial charge in [-0.25, -0.2) is 9.59 Å². The zero-order valence-corrected chi connectivity index (χ0v) is 20.6. The standard InChI is InChI=1S/C30H25NO6/c1-4-36-29(33)24-18(2)31(20-14-16-21(35-3)17-15-20)27(19-10-6-5-7-11-19)25(24)26-28(32)22-12-8-9-13-23(22)37-30(26)34/h5-17,32H,4H2,1-3H3. The van der Waals surface area contributed by atoms with Crippen molar-refractivity contribution in [3.63, 3.8) is 0 Å². The first-order valence-corrected chi connectivity index (χ1v) is 11.8. The second-order valence-corrected chi connectivity index (χ2v) is 8.41. The normalized spacial score (nSPS) is 11.0. The fraction of sp³-hybridized carbons (Fsp3) is 0.133. The molecule has 0 saturated heterocycles. The van der Waals surface area contributed by atoms with Crippen molar-refractivity contribution in [1.29, 1.82) is 0 Å². The lowest BCUT2D eigenvalue weighted by molar-refractivity contribution is 0.0526. The van der Waals surface area contributed by atoms with Crippen LogP contribution >= 0.6 is 0 Å². The van der Waals surface area contributed by atoms with Crippen LogP contribution in [0.5, 0.6) is 11.5 Å². The molecule has 0 aliphatic rings. The SMILES string of the molecule is CCOC(=O)c1c(-c2c(O)c3ccccc3oc2=O)c(-c2ccccc2)n(-c2ccc(OC)cc2)c1C. The van der Waals surface area contributed by atoms with Gasteiger partial charge in [0.25, 0.3) is 0 Å². The number of nitrogens with zero attached hydrogens (tertiary/aromatic N) is 1. The number of hydrogen-bond donors (Lipinski definition) is 1. The maximum absolute atomic E-state index is 13.4. The second-order valence-electron chi connectivity index (χ2n) is 8.41. The molecule has 7 heteroatoms. The van der Waals surface area contributed by atoms with Crippen LogP contribution in [0.25, 0.3) is 39.0 Å². The maximum Gasteiger partial charge on any atom is 0.348 e. The summed E-state index contributed by atoms with van der Waals surface area (Å²) < 4.78 is 18.2. The largest absolute Gasteiger partial charge is 0.506 e. The van der Waals surface area contributed by atoms with Gasteiger partial charge in [-0.15, -0.1) is 0 Å². The third-order valence-corrected chi connectivity index (χ3v) is 6.30. The molecule has 0 bridgehead atoms. The number of aromatic nitrogens is 1. The summed E-state index contributed by atoms with van der Waals surface area (Å²) in [4.78, 5) is 26.8. The van der Waals surface area contributed by atoms with Crippen LogP contribution in [0, 0.1) is 6.92 Å². The summed E-state index contributed by atoms with van der Waals surface area (Å²) in [5.41, 5.74) is 2.37. The van der Waals surface area contributed by atoms with Crippen molar-refractivity contribution in [2.45, 2.75) is 13.8 Å². The van der Waals surface area contributed by atoms with Crippen LogP contribution in [0.4, 0.5) is 0 Å². The molecular weight excluding hydrogens is 470 g/mol. The Morgan fingerprint density at radius 2 is 1.62 bits per heavy atom. The molecule has 186 valence electrons. The summed E-state index contributed by atoms with van der Waals surface area (Å²) in [6.07, 6.45) is 0. The number of hydrogen-bond acceptors (Lipinski definition) is 6. The smallest absolute Gasteiger partial charge is 0.348 e. The highest BCUT2D eigenvalue weighted by atomic mass is 16.5. The fourth-order valence-corrected chi connectivity index (χ4v) is 4.66. The minimum atomic E-state index is -0.759. The molecule has 0 atom stereocenters. The van der Waals surface area contributed by atoms with Crippen LogP contribution in [0.15, 0.2) is 88.1 Å². The molecule has 2 heterocycles. The molecule has 1 N–H and O–H groups in total. The molecule has 0 amide bonds.